The lowest BCUT2D eigenvalue weighted by atomic mass is 9.90. The zero-order chi connectivity index (χ0) is 16.4. The summed E-state index contributed by atoms with van der Waals surface area (Å²) < 4.78 is 23.1. The number of carbonyl (C=O) groups is 1. The number of carbonyl (C=O) groups excluding carboxylic acids is 1. The molecule has 0 bridgehead atoms. The maximum absolute atomic E-state index is 12.3. The summed E-state index contributed by atoms with van der Waals surface area (Å²) in [6, 6.07) is 6.05. The number of fused-ring (bicyclic) bond motifs is 1. The Hall–Kier alpha value is -1.40. The molecule has 3 rings (SSSR count). The van der Waals surface area contributed by atoms with Gasteiger partial charge in [-0.2, -0.15) is 0 Å². The van der Waals surface area contributed by atoms with Gasteiger partial charge < -0.3 is 5.32 Å². The highest BCUT2D eigenvalue weighted by atomic mass is 32.2. The molecule has 126 valence electrons. The van der Waals surface area contributed by atoms with Crippen molar-refractivity contribution in [1.29, 1.82) is 0 Å². The minimum atomic E-state index is -2.92. The van der Waals surface area contributed by atoms with Crippen LogP contribution in [0.3, 0.4) is 0 Å². The van der Waals surface area contributed by atoms with Gasteiger partial charge in [0.25, 0.3) is 0 Å². The van der Waals surface area contributed by atoms with E-state index in [0.717, 1.165) is 18.5 Å². The number of rotatable bonds is 4. The number of likely N-dealkylation sites (N-methyl/N-ethyl adjacent to an activating group) is 1. The second kappa shape index (κ2) is 6.61. The molecule has 5 nitrogen and oxygen atoms in total. The molecule has 2 aliphatic rings. The Kier molecular flexibility index (Phi) is 4.73. The first kappa shape index (κ1) is 16.5. The summed E-state index contributed by atoms with van der Waals surface area (Å²) in [5, 5.41) is 3.02. The highest BCUT2D eigenvalue weighted by molar-refractivity contribution is 7.91. The van der Waals surface area contributed by atoms with Crippen molar-refractivity contribution in [1.82, 2.24) is 4.90 Å². The van der Waals surface area contributed by atoms with Crippen molar-refractivity contribution in [3.05, 3.63) is 29.3 Å². The van der Waals surface area contributed by atoms with Gasteiger partial charge in [-0.1, -0.05) is 12.1 Å². The fraction of sp³-hybridized carbons (Fsp3) is 0.588. The van der Waals surface area contributed by atoms with Crippen molar-refractivity contribution >= 4 is 21.4 Å². The van der Waals surface area contributed by atoms with E-state index in [4.69, 9.17) is 0 Å². The number of nitrogens with zero attached hydrogens (tertiary/aromatic N) is 1. The van der Waals surface area contributed by atoms with Crippen LogP contribution in [0.2, 0.25) is 0 Å². The molecule has 23 heavy (non-hydrogen) atoms. The molecule has 1 N–H and O–H groups in total. The minimum absolute atomic E-state index is 0.0459. The van der Waals surface area contributed by atoms with Gasteiger partial charge in [-0.3, -0.25) is 9.69 Å². The van der Waals surface area contributed by atoms with Gasteiger partial charge in [0.1, 0.15) is 0 Å². The van der Waals surface area contributed by atoms with Gasteiger partial charge in [0, 0.05) is 11.7 Å². The molecule has 1 saturated heterocycles. The first-order valence-electron chi connectivity index (χ1n) is 8.26. The number of aryl methyl sites for hydroxylation is 1. The number of hydrogen-bond donors (Lipinski definition) is 1. The normalized spacial score (nSPS) is 22.8. The number of amides is 1. The zero-order valence-electron chi connectivity index (χ0n) is 13.5. The van der Waals surface area contributed by atoms with Gasteiger partial charge in [-0.15, -0.1) is 0 Å². The summed E-state index contributed by atoms with van der Waals surface area (Å²) in [5.74, 6) is 0.323. The molecule has 6 heteroatoms. The van der Waals surface area contributed by atoms with Gasteiger partial charge in [-0.05, 0) is 56.3 Å². The maximum Gasteiger partial charge on any atom is 0.238 e. The van der Waals surface area contributed by atoms with E-state index in [2.05, 4.69) is 11.4 Å². The van der Waals surface area contributed by atoms with Crippen LogP contribution in [0.25, 0.3) is 0 Å². The van der Waals surface area contributed by atoms with Gasteiger partial charge in [0.2, 0.25) is 5.91 Å². The van der Waals surface area contributed by atoms with Crippen LogP contribution in [0.5, 0.6) is 0 Å². The van der Waals surface area contributed by atoms with Crippen LogP contribution >= 0.6 is 0 Å². The number of hydrogen-bond acceptors (Lipinski definition) is 4. The Bertz CT molecular complexity index is 700. The second-order valence-corrected chi connectivity index (χ2v) is 8.90. The molecule has 1 aromatic rings. The summed E-state index contributed by atoms with van der Waals surface area (Å²) >= 11 is 0. The maximum atomic E-state index is 12.3. The van der Waals surface area contributed by atoms with E-state index >= 15 is 0 Å². The molecular weight excluding hydrogens is 312 g/mol. The van der Waals surface area contributed by atoms with Crippen LogP contribution < -0.4 is 5.32 Å². The quantitative estimate of drug-likeness (QED) is 0.907. The van der Waals surface area contributed by atoms with E-state index < -0.39 is 9.84 Å². The van der Waals surface area contributed by atoms with E-state index in [1.54, 1.807) is 0 Å². The average molecular weight is 336 g/mol. The first-order valence-corrected chi connectivity index (χ1v) is 10.1. The van der Waals surface area contributed by atoms with Crippen LogP contribution in [0.4, 0.5) is 5.69 Å². The molecule has 1 unspecified atom stereocenters. The molecule has 0 radical (unpaired) electrons. The van der Waals surface area contributed by atoms with E-state index in [-0.39, 0.29) is 30.0 Å². The third-order valence-corrected chi connectivity index (χ3v) is 6.65. The van der Waals surface area contributed by atoms with Gasteiger partial charge in [0.15, 0.2) is 9.84 Å². The van der Waals surface area contributed by atoms with Crippen molar-refractivity contribution in [2.45, 2.75) is 38.1 Å². The highest BCUT2D eigenvalue weighted by Gasteiger charge is 2.31. The molecule has 1 aliphatic carbocycles. The van der Waals surface area contributed by atoms with E-state index in [9.17, 15) is 13.2 Å². The lowest BCUT2D eigenvalue weighted by molar-refractivity contribution is -0.117. The third-order valence-electron chi connectivity index (χ3n) is 4.89. The van der Waals surface area contributed by atoms with Crippen LogP contribution in [0, 0.1) is 0 Å². The van der Waals surface area contributed by atoms with Crippen LogP contribution in [-0.4, -0.2) is 50.4 Å². The van der Waals surface area contributed by atoms with Crippen molar-refractivity contribution in [2.75, 3.05) is 30.4 Å². The molecule has 1 fully saturated rings. The van der Waals surface area contributed by atoms with Crippen LogP contribution in [0.1, 0.15) is 30.4 Å². The Labute approximate surface area is 138 Å². The van der Waals surface area contributed by atoms with Gasteiger partial charge in [-0.25, -0.2) is 8.42 Å². The molecule has 0 saturated carbocycles. The van der Waals surface area contributed by atoms with Crippen molar-refractivity contribution in [2.24, 2.45) is 0 Å². The van der Waals surface area contributed by atoms with E-state index in [1.165, 1.54) is 24.0 Å². The zero-order valence-corrected chi connectivity index (χ0v) is 14.4. The standard InChI is InChI=1S/C17H24N2O3S/c1-19(14-9-10-23(21,22)12-14)11-17(20)18-16-8-4-6-13-5-2-3-7-15(13)16/h4,6,8,14H,2-3,5,7,9-12H2,1H3,(H,18,20). The first-order chi connectivity index (χ1) is 10.9. The highest BCUT2D eigenvalue weighted by Crippen LogP contribution is 2.27. The summed E-state index contributed by atoms with van der Waals surface area (Å²) in [6.45, 7) is 0.226. The lowest BCUT2D eigenvalue weighted by Gasteiger charge is -2.23. The Morgan fingerprint density at radius 1 is 1.30 bits per heavy atom. The summed E-state index contributed by atoms with van der Waals surface area (Å²) in [5.41, 5.74) is 3.52. The second-order valence-electron chi connectivity index (χ2n) is 6.67. The number of sulfone groups is 1. The molecular formula is C17H24N2O3S. The largest absolute Gasteiger partial charge is 0.325 e. The smallest absolute Gasteiger partial charge is 0.238 e. The fourth-order valence-corrected chi connectivity index (χ4v) is 5.37. The van der Waals surface area contributed by atoms with Gasteiger partial charge >= 0.3 is 0 Å². The molecule has 0 spiro atoms. The molecule has 1 heterocycles. The Balaban J connectivity index is 1.62. The molecule has 1 aliphatic heterocycles. The Morgan fingerprint density at radius 2 is 2.09 bits per heavy atom. The van der Waals surface area contributed by atoms with Gasteiger partial charge in [0.05, 0.1) is 18.1 Å². The number of benzene rings is 1. The SMILES string of the molecule is CN(CC(=O)Nc1cccc2c1CCCC2)C1CCS(=O)(=O)C1. The molecule has 1 amide bonds. The van der Waals surface area contributed by atoms with Crippen LogP contribution in [-0.2, 0) is 27.5 Å². The van der Waals surface area contributed by atoms with E-state index in [0.29, 0.717) is 6.42 Å². The fourth-order valence-electron chi connectivity index (χ4n) is 3.57. The monoisotopic (exact) mass is 336 g/mol. The van der Waals surface area contributed by atoms with Crippen molar-refractivity contribution < 1.29 is 13.2 Å². The molecule has 0 aromatic heterocycles. The Morgan fingerprint density at radius 3 is 2.83 bits per heavy atom. The lowest BCUT2D eigenvalue weighted by Crippen LogP contribution is -2.38. The number of anilines is 1. The average Bonchev–Trinajstić information content (AvgIpc) is 2.88. The molecule has 1 aromatic carbocycles. The minimum Gasteiger partial charge on any atom is -0.325 e. The number of nitrogens with one attached hydrogen (secondary N) is 1. The summed E-state index contributed by atoms with van der Waals surface area (Å²) in [7, 11) is -1.10. The summed E-state index contributed by atoms with van der Waals surface area (Å²) in [4.78, 5) is 14.2. The van der Waals surface area contributed by atoms with E-state index in [1.807, 2.05) is 24.1 Å². The van der Waals surface area contributed by atoms with Crippen LogP contribution in [0.15, 0.2) is 18.2 Å². The van der Waals surface area contributed by atoms with Crippen molar-refractivity contribution in [3.8, 4) is 0 Å². The predicted molar refractivity (Wildman–Crippen MR) is 91.4 cm³/mol. The third kappa shape index (κ3) is 3.93. The topological polar surface area (TPSA) is 66.5 Å². The summed E-state index contributed by atoms with van der Waals surface area (Å²) in [6.07, 6.45) is 5.09. The molecule has 1 atom stereocenters. The predicted octanol–water partition coefficient (Wildman–Crippen LogP) is 1.62. The van der Waals surface area contributed by atoms with Crippen molar-refractivity contribution in [3.63, 3.8) is 0 Å².